The van der Waals surface area contributed by atoms with E-state index in [0.717, 1.165) is 16.8 Å². The molecule has 3 nitrogen and oxygen atoms in total. The number of hydrogen-bond acceptors (Lipinski definition) is 3. The number of carbonyl (C=O) groups is 1. The molecule has 0 fully saturated rings. The van der Waals surface area contributed by atoms with Crippen LogP contribution in [0.3, 0.4) is 0 Å². The van der Waals surface area contributed by atoms with Crippen LogP contribution in [-0.4, -0.2) is 46.7 Å². The molecular formula is C16H5F15N2OS. The lowest BCUT2D eigenvalue weighted by Gasteiger charge is -2.39. The van der Waals surface area contributed by atoms with Crippen molar-refractivity contribution in [3.05, 3.63) is 35.2 Å². The fourth-order valence-electron chi connectivity index (χ4n) is 2.24. The van der Waals surface area contributed by atoms with Crippen molar-refractivity contribution in [1.82, 2.24) is 4.98 Å². The molecule has 0 radical (unpaired) electrons. The summed E-state index contributed by atoms with van der Waals surface area (Å²) < 4.78 is 197. The maximum absolute atomic E-state index is 13.8. The minimum Gasteiger partial charge on any atom is -0.296 e. The molecule has 0 aliphatic rings. The molecule has 0 atom stereocenters. The van der Waals surface area contributed by atoms with E-state index in [9.17, 15) is 70.7 Å². The number of nitrogens with zero attached hydrogens (tertiary/aromatic N) is 1. The molecule has 0 bridgehead atoms. The van der Waals surface area contributed by atoms with Crippen LogP contribution in [0.25, 0.3) is 11.3 Å². The lowest BCUT2D eigenvalue weighted by Crippen LogP contribution is -2.71. The van der Waals surface area contributed by atoms with Gasteiger partial charge in [0.1, 0.15) is 11.6 Å². The fourth-order valence-corrected chi connectivity index (χ4v) is 2.95. The van der Waals surface area contributed by atoms with Gasteiger partial charge in [-0.05, 0) is 12.1 Å². The molecule has 1 heterocycles. The lowest BCUT2D eigenvalue weighted by molar-refractivity contribution is -0.435. The van der Waals surface area contributed by atoms with Crippen molar-refractivity contribution in [2.45, 2.75) is 35.8 Å². The van der Waals surface area contributed by atoms with Gasteiger partial charge in [0.25, 0.3) is 0 Å². The average molecular weight is 558 g/mol. The summed E-state index contributed by atoms with van der Waals surface area (Å²) in [5.41, 5.74) is -1.10. The highest BCUT2D eigenvalue weighted by Crippen LogP contribution is 2.60. The number of nitrogens with one attached hydrogen (secondary N) is 1. The zero-order valence-corrected chi connectivity index (χ0v) is 16.6. The van der Waals surface area contributed by atoms with Crippen molar-refractivity contribution in [3.8, 4) is 11.3 Å². The molecule has 1 amide bonds. The van der Waals surface area contributed by atoms with E-state index in [1.165, 1.54) is 0 Å². The largest absolute Gasteiger partial charge is 0.460 e. The van der Waals surface area contributed by atoms with Crippen molar-refractivity contribution in [2.24, 2.45) is 0 Å². The molecule has 0 saturated carbocycles. The van der Waals surface area contributed by atoms with Crippen molar-refractivity contribution in [2.75, 3.05) is 5.32 Å². The van der Waals surface area contributed by atoms with Crippen LogP contribution in [0.1, 0.15) is 0 Å². The third-order valence-electron chi connectivity index (χ3n) is 4.15. The summed E-state index contributed by atoms with van der Waals surface area (Å²) in [4.78, 5) is 14.7. The Bertz CT molecular complexity index is 1110. The third kappa shape index (κ3) is 4.37. The Balaban J connectivity index is 2.38. The second kappa shape index (κ2) is 8.44. The Morgan fingerprint density at radius 2 is 1.29 bits per heavy atom. The Morgan fingerprint density at radius 1 is 0.771 bits per heavy atom. The van der Waals surface area contributed by atoms with E-state index in [1.807, 2.05) is 0 Å². The molecule has 2 aromatic rings. The van der Waals surface area contributed by atoms with Gasteiger partial charge in [0.2, 0.25) is 0 Å². The monoisotopic (exact) mass is 558 g/mol. The summed E-state index contributed by atoms with van der Waals surface area (Å²) >= 11 is 0.0469. The summed E-state index contributed by atoms with van der Waals surface area (Å²) in [7, 11) is 0. The number of carbonyl (C=O) groups excluding carboxylic acids is 1. The number of hydrogen-bond donors (Lipinski definition) is 1. The molecule has 2 rings (SSSR count). The van der Waals surface area contributed by atoms with Crippen LogP contribution < -0.4 is 5.32 Å². The number of benzene rings is 1. The molecule has 0 aliphatic carbocycles. The molecule has 196 valence electrons. The van der Waals surface area contributed by atoms with E-state index in [-0.39, 0.29) is 11.3 Å². The predicted octanol–water partition coefficient (Wildman–Crippen LogP) is 6.77. The first-order valence-corrected chi connectivity index (χ1v) is 9.08. The molecule has 0 aliphatic heterocycles. The minimum atomic E-state index is -8.15. The van der Waals surface area contributed by atoms with Gasteiger partial charge in [0.05, 0.1) is 5.69 Å². The highest BCUT2D eigenvalue weighted by molar-refractivity contribution is 7.14. The van der Waals surface area contributed by atoms with Crippen LogP contribution in [-0.2, 0) is 4.79 Å². The van der Waals surface area contributed by atoms with Crippen molar-refractivity contribution in [3.63, 3.8) is 0 Å². The molecule has 1 aromatic heterocycles. The molecular weight excluding hydrogens is 553 g/mol. The van der Waals surface area contributed by atoms with Crippen LogP contribution in [0.4, 0.5) is 71.0 Å². The van der Waals surface area contributed by atoms with E-state index < -0.39 is 69.7 Å². The zero-order valence-electron chi connectivity index (χ0n) is 15.7. The number of aromatic nitrogens is 1. The number of alkyl halides is 13. The van der Waals surface area contributed by atoms with Gasteiger partial charge in [0, 0.05) is 17.0 Å². The molecule has 1 N–H and O–H groups in total. The van der Waals surface area contributed by atoms with Gasteiger partial charge in [-0.15, -0.1) is 11.3 Å². The van der Waals surface area contributed by atoms with Crippen LogP contribution in [0.5, 0.6) is 0 Å². The quantitative estimate of drug-likeness (QED) is 0.382. The summed E-state index contributed by atoms with van der Waals surface area (Å²) in [6.07, 6.45) is -7.58. The Labute approximate surface area is 186 Å². The van der Waals surface area contributed by atoms with Crippen molar-refractivity contribution in [1.29, 1.82) is 0 Å². The van der Waals surface area contributed by atoms with Crippen molar-refractivity contribution < 1.29 is 70.7 Å². The van der Waals surface area contributed by atoms with E-state index >= 15 is 0 Å². The topological polar surface area (TPSA) is 42.0 Å². The molecule has 19 heteroatoms. The fraction of sp³-hybridized carbons (Fsp3) is 0.375. The Hall–Kier alpha value is -2.73. The van der Waals surface area contributed by atoms with E-state index in [4.69, 9.17) is 0 Å². The van der Waals surface area contributed by atoms with Gasteiger partial charge in [-0.2, -0.15) is 57.1 Å². The van der Waals surface area contributed by atoms with Gasteiger partial charge >= 0.3 is 41.7 Å². The van der Waals surface area contributed by atoms with Crippen LogP contribution in [0, 0.1) is 11.6 Å². The summed E-state index contributed by atoms with van der Waals surface area (Å²) in [5, 5.41) is 0.320. The van der Waals surface area contributed by atoms with Gasteiger partial charge in [-0.3, -0.25) is 10.1 Å². The average Bonchev–Trinajstić information content (AvgIpc) is 3.14. The minimum absolute atomic E-state index is 0.0469. The smallest absolute Gasteiger partial charge is 0.296 e. The number of thiazole rings is 1. The summed E-state index contributed by atoms with van der Waals surface area (Å²) in [6, 6.07) is 1.75. The summed E-state index contributed by atoms with van der Waals surface area (Å²) in [5.74, 6) is -45.0. The highest BCUT2D eigenvalue weighted by Gasteiger charge is 2.91. The first kappa shape index (κ1) is 28.5. The highest BCUT2D eigenvalue weighted by atomic mass is 32.1. The number of amides is 1. The number of rotatable bonds is 7. The van der Waals surface area contributed by atoms with Crippen molar-refractivity contribution >= 4 is 22.4 Å². The molecule has 0 spiro atoms. The van der Waals surface area contributed by atoms with E-state index in [0.29, 0.717) is 12.1 Å². The van der Waals surface area contributed by atoms with Gasteiger partial charge in [-0.25, -0.2) is 13.8 Å². The molecule has 0 saturated heterocycles. The zero-order chi connectivity index (χ0) is 27.4. The SMILES string of the molecule is O=C(Nc1nc(-c2ccc(F)cc2F)cs1)C(F)(F)C(F)(F)C(F)(F)C(F)(F)C(F)(F)C(F)(F)F. The number of anilines is 1. The second-order valence-corrected chi connectivity index (χ2v) is 7.34. The van der Waals surface area contributed by atoms with Crippen LogP contribution in [0.2, 0.25) is 0 Å². The predicted molar refractivity (Wildman–Crippen MR) is 86.9 cm³/mol. The maximum Gasteiger partial charge on any atom is 0.460 e. The Kier molecular flexibility index (Phi) is 6.87. The van der Waals surface area contributed by atoms with Crippen LogP contribution >= 0.6 is 11.3 Å². The molecule has 35 heavy (non-hydrogen) atoms. The summed E-state index contributed by atoms with van der Waals surface area (Å²) in [6.45, 7) is 0. The maximum atomic E-state index is 13.8. The molecule has 0 unspecified atom stereocenters. The second-order valence-electron chi connectivity index (χ2n) is 6.49. The normalized spacial score (nSPS) is 14.3. The molecule has 1 aromatic carbocycles. The van der Waals surface area contributed by atoms with Gasteiger partial charge < -0.3 is 0 Å². The van der Waals surface area contributed by atoms with E-state index in [2.05, 4.69) is 4.98 Å². The standard InChI is InChI=1S/C16H5F15N2OS/c17-5-1-2-6(7(18)3-5)8-4-35-10(32-8)33-9(34)11(19,20)12(21,22)13(23,24)14(25,26)15(27,28)16(29,30)31/h1-4H,(H,32,33,34). The number of halogens is 15. The van der Waals surface area contributed by atoms with Gasteiger partial charge in [-0.1, -0.05) is 0 Å². The first-order valence-electron chi connectivity index (χ1n) is 8.20. The third-order valence-corrected chi connectivity index (χ3v) is 4.91. The first-order chi connectivity index (χ1) is 15.5. The lowest BCUT2D eigenvalue weighted by atomic mass is 9.93. The van der Waals surface area contributed by atoms with E-state index in [1.54, 1.807) is 0 Å². The Morgan fingerprint density at radius 3 is 1.77 bits per heavy atom. The van der Waals surface area contributed by atoms with Gasteiger partial charge in [0.15, 0.2) is 5.13 Å². The van der Waals surface area contributed by atoms with Crippen LogP contribution in [0.15, 0.2) is 23.6 Å².